The molecule has 1 aromatic carbocycles. The quantitative estimate of drug-likeness (QED) is 0.916. The van der Waals surface area contributed by atoms with Gasteiger partial charge in [-0.15, -0.1) is 0 Å². The second-order valence-electron chi connectivity index (χ2n) is 6.98. The van der Waals surface area contributed by atoms with Gasteiger partial charge < -0.3 is 14.7 Å². The molecule has 1 aromatic rings. The Kier molecular flexibility index (Phi) is 5.41. The molecule has 24 heavy (non-hydrogen) atoms. The lowest BCUT2D eigenvalue weighted by molar-refractivity contribution is -0.134. The smallest absolute Gasteiger partial charge is 0.236 e. The van der Waals surface area contributed by atoms with Crippen molar-refractivity contribution >= 4 is 5.91 Å². The van der Waals surface area contributed by atoms with Crippen LogP contribution in [0.2, 0.25) is 0 Å². The van der Waals surface area contributed by atoms with Crippen molar-refractivity contribution in [1.82, 2.24) is 9.80 Å². The first kappa shape index (κ1) is 17.2. The fourth-order valence-electron chi connectivity index (χ4n) is 3.71. The Morgan fingerprint density at radius 1 is 1.08 bits per heavy atom. The van der Waals surface area contributed by atoms with Gasteiger partial charge in [0.1, 0.15) is 5.75 Å². The average Bonchev–Trinajstić information content (AvgIpc) is 2.64. The molecule has 1 N–H and O–H groups in total. The van der Waals surface area contributed by atoms with Gasteiger partial charge in [0.05, 0.1) is 19.3 Å². The normalized spacial score (nSPS) is 21.5. The first-order valence-electron chi connectivity index (χ1n) is 8.98. The van der Waals surface area contributed by atoms with E-state index < -0.39 is 5.60 Å². The minimum absolute atomic E-state index is 0.240. The summed E-state index contributed by atoms with van der Waals surface area (Å²) < 4.78 is 5.18. The monoisotopic (exact) mass is 332 g/mol. The van der Waals surface area contributed by atoms with E-state index in [0.717, 1.165) is 50.3 Å². The lowest BCUT2D eigenvalue weighted by atomic mass is 9.84. The number of aliphatic hydroxyl groups is 1. The molecule has 1 amide bonds. The number of amides is 1. The minimum Gasteiger partial charge on any atom is -0.497 e. The van der Waals surface area contributed by atoms with Crippen molar-refractivity contribution in [3.05, 3.63) is 29.8 Å². The molecule has 2 fully saturated rings. The van der Waals surface area contributed by atoms with Crippen LogP contribution < -0.4 is 4.74 Å². The molecule has 0 radical (unpaired) electrons. The number of hydrogen-bond acceptors (Lipinski definition) is 4. The number of likely N-dealkylation sites (tertiary alicyclic amines) is 2. The molecule has 0 saturated carbocycles. The molecular weight excluding hydrogens is 304 g/mol. The van der Waals surface area contributed by atoms with Gasteiger partial charge in [0.15, 0.2) is 0 Å². The van der Waals surface area contributed by atoms with E-state index in [1.165, 1.54) is 6.42 Å². The predicted octanol–water partition coefficient (Wildman–Crippen LogP) is 1.99. The van der Waals surface area contributed by atoms with E-state index in [1.807, 2.05) is 29.2 Å². The van der Waals surface area contributed by atoms with Crippen LogP contribution in [0.3, 0.4) is 0 Å². The maximum atomic E-state index is 12.4. The molecule has 5 nitrogen and oxygen atoms in total. The van der Waals surface area contributed by atoms with Crippen molar-refractivity contribution < 1.29 is 14.6 Å². The number of carbonyl (C=O) groups is 1. The van der Waals surface area contributed by atoms with Crippen LogP contribution in [0, 0.1) is 0 Å². The highest BCUT2D eigenvalue weighted by Crippen LogP contribution is 2.33. The Morgan fingerprint density at radius 2 is 1.71 bits per heavy atom. The number of carbonyl (C=O) groups excluding carboxylic acids is 1. The summed E-state index contributed by atoms with van der Waals surface area (Å²) in [6, 6.07) is 7.65. The van der Waals surface area contributed by atoms with E-state index in [0.29, 0.717) is 19.4 Å². The van der Waals surface area contributed by atoms with E-state index in [4.69, 9.17) is 4.74 Å². The number of hydrogen-bond donors (Lipinski definition) is 1. The van der Waals surface area contributed by atoms with Crippen molar-refractivity contribution in [2.45, 2.75) is 37.7 Å². The SMILES string of the molecule is COc1ccc(C2(O)CCN(CC(=O)N3CCCCC3)CC2)cc1. The van der Waals surface area contributed by atoms with E-state index in [9.17, 15) is 9.90 Å². The van der Waals surface area contributed by atoms with Crippen LogP contribution in [0.4, 0.5) is 0 Å². The molecule has 0 spiro atoms. The highest BCUT2D eigenvalue weighted by molar-refractivity contribution is 5.78. The van der Waals surface area contributed by atoms with Gasteiger partial charge in [-0.25, -0.2) is 0 Å². The van der Waals surface area contributed by atoms with Crippen LogP contribution in [0.1, 0.15) is 37.7 Å². The zero-order valence-corrected chi connectivity index (χ0v) is 14.5. The Hall–Kier alpha value is -1.59. The predicted molar refractivity (Wildman–Crippen MR) is 93.0 cm³/mol. The number of piperidine rings is 2. The first-order chi connectivity index (χ1) is 11.6. The van der Waals surface area contributed by atoms with E-state index in [2.05, 4.69) is 4.90 Å². The third-order valence-electron chi connectivity index (χ3n) is 5.38. The molecule has 5 heteroatoms. The summed E-state index contributed by atoms with van der Waals surface area (Å²) in [4.78, 5) is 16.5. The maximum absolute atomic E-state index is 12.4. The first-order valence-corrected chi connectivity index (χ1v) is 8.98. The van der Waals surface area contributed by atoms with E-state index >= 15 is 0 Å². The molecule has 0 aliphatic carbocycles. The highest BCUT2D eigenvalue weighted by atomic mass is 16.5. The average molecular weight is 332 g/mol. The lowest BCUT2D eigenvalue weighted by Crippen LogP contribution is -2.48. The molecule has 0 bridgehead atoms. The molecule has 0 aromatic heterocycles. The molecule has 2 aliphatic rings. The van der Waals surface area contributed by atoms with Crippen molar-refractivity contribution in [3.8, 4) is 5.75 Å². The Bertz CT molecular complexity index is 544. The Balaban J connectivity index is 1.53. The largest absolute Gasteiger partial charge is 0.497 e. The van der Waals surface area contributed by atoms with Gasteiger partial charge in [0.2, 0.25) is 5.91 Å². The fourth-order valence-corrected chi connectivity index (χ4v) is 3.71. The molecular formula is C19H28N2O3. The second-order valence-corrected chi connectivity index (χ2v) is 6.98. The number of ether oxygens (including phenoxy) is 1. The molecule has 0 atom stereocenters. The van der Waals surface area contributed by atoms with Gasteiger partial charge in [-0.05, 0) is 49.8 Å². The van der Waals surface area contributed by atoms with Crippen LogP contribution in [0.15, 0.2) is 24.3 Å². The summed E-state index contributed by atoms with van der Waals surface area (Å²) in [5.41, 5.74) is 0.141. The number of rotatable bonds is 4. The Labute approximate surface area is 144 Å². The van der Waals surface area contributed by atoms with Gasteiger partial charge in [-0.2, -0.15) is 0 Å². The van der Waals surface area contributed by atoms with Crippen molar-refractivity contribution in [3.63, 3.8) is 0 Å². The van der Waals surface area contributed by atoms with Gasteiger partial charge in [-0.1, -0.05) is 12.1 Å². The third kappa shape index (κ3) is 3.90. The molecule has 0 unspecified atom stereocenters. The molecule has 2 saturated heterocycles. The van der Waals surface area contributed by atoms with Crippen LogP contribution in [-0.2, 0) is 10.4 Å². The number of nitrogens with zero attached hydrogens (tertiary/aromatic N) is 2. The summed E-state index contributed by atoms with van der Waals surface area (Å²) >= 11 is 0. The summed E-state index contributed by atoms with van der Waals surface area (Å²) in [5, 5.41) is 10.9. The topological polar surface area (TPSA) is 53.0 Å². The lowest BCUT2D eigenvalue weighted by Gasteiger charge is -2.39. The number of benzene rings is 1. The van der Waals surface area contributed by atoms with Crippen LogP contribution in [-0.4, -0.2) is 60.6 Å². The summed E-state index contributed by atoms with van der Waals surface area (Å²) in [6.07, 6.45) is 4.81. The number of methoxy groups -OCH3 is 1. The standard InChI is InChI=1S/C19H28N2O3/c1-24-17-7-5-16(6-8-17)19(23)9-13-20(14-10-19)15-18(22)21-11-3-2-4-12-21/h5-8,23H,2-4,9-15H2,1H3. The van der Waals surface area contributed by atoms with Gasteiger partial charge in [0, 0.05) is 26.2 Å². The van der Waals surface area contributed by atoms with Crippen molar-refractivity contribution in [2.75, 3.05) is 39.8 Å². The zero-order valence-electron chi connectivity index (χ0n) is 14.5. The maximum Gasteiger partial charge on any atom is 0.236 e. The zero-order chi connectivity index (χ0) is 17.0. The van der Waals surface area contributed by atoms with E-state index in [-0.39, 0.29) is 5.91 Å². The second kappa shape index (κ2) is 7.53. The minimum atomic E-state index is -0.795. The van der Waals surface area contributed by atoms with Crippen LogP contribution in [0.5, 0.6) is 5.75 Å². The van der Waals surface area contributed by atoms with Gasteiger partial charge >= 0.3 is 0 Å². The third-order valence-corrected chi connectivity index (χ3v) is 5.38. The molecule has 3 rings (SSSR count). The highest BCUT2D eigenvalue weighted by Gasteiger charge is 2.34. The molecule has 2 heterocycles. The van der Waals surface area contributed by atoms with Gasteiger partial charge in [0.25, 0.3) is 0 Å². The fraction of sp³-hybridized carbons (Fsp3) is 0.632. The molecule has 2 aliphatic heterocycles. The van der Waals surface area contributed by atoms with Gasteiger partial charge in [-0.3, -0.25) is 9.69 Å². The summed E-state index contributed by atoms with van der Waals surface area (Å²) in [7, 11) is 1.64. The molecule has 132 valence electrons. The summed E-state index contributed by atoms with van der Waals surface area (Å²) in [6.45, 7) is 3.80. The van der Waals surface area contributed by atoms with Crippen molar-refractivity contribution in [1.29, 1.82) is 0 Å². The summed E-state index contributed by atoms with van der Waals surface area (Å²) in [5.74, 6) is 1.04. The van der Waals surface area contributed by atoms with E-state index in [1.54, 1.807) is 7.11 Å². The van der Waals surface area contributed by atoms with Crippen LogP contribution in [0.25, 0.3) is 0 Å². The van der Waals surface area contributed by atoms with Crippen LogP contribution >= 0.6 is 0 Å². The van der Waals surface area contributed by atoms with Crippen molar-refractivity contribution in [2.24, 2.45) is 0 Å². The Morgan fingerprint density at radius 3 is 2.29 bits per heavy atom.